The number of thiazole rings is 1. The minimum Gasteiger partial charge on any atom is -0.354 e. The Kier molecular flexibility index (Phi) is 6.63. The molecule has 2 unspecified atom stereocenters. The number of guanidine groups is 1. The normalized spacial score (nSPS) is 21.6. The quantitative estimate of drug-likeness (QED) is 0.626. The molecular formula is C20H29N5S. The molecule has 1 aliphatic heterocycles. The van der Waals surface area contributed by atoms with Gasteiger partial charge in [0.05, 0.1) is 17.7 Å². The van der Waals surface area contributed by atoms with E-state index < -0.39 is 0 Å². The predicted octanol–water partition coefficient (Wildman–Crippen LogP) is 3.17. The molecule has 140 valence electrons. The Morgan fingerprint density at radius 2 is 2.15 bits per heavy atom. The van der Waals surface area contributed by atoms with Crippen LogP contribution in [0.1, 0.15) is 35.9 Å². The summed E-state index contributed by atoms with van der Waals surface area (Å²) in [5.74, 6) is 0.881. The van der Waals surface area contributed by atoms with Crippen molar-refractivity contribution >= 4 is 17.3 Å². The highest BCUT2D eigenvalue weighted by molar-refractivity contribution is 7.09. The van der Waals surface area contributed by atoms with Gasteiger partial charge in [0.1, 0.15) is 0 Å². The number of likely N-dealkylation sites (tertiary alicyclic amines) is 1. The van der Waals surface area contributed by atoms with E-state index >= 15 is 0 Å². The van der Waals surface area contributed by atoms with Crippen molar-refractivity contribution in [2.45, 2.75) is 51.9 Å². The second-order valence-corrected chi connectivity index (χ2v) is 7.90. The first kappa shape index (κ1) is 18.9. The topological polar surface area (TPSA) is 52.6 Å². The molecule has 0 spiro atoms. The van der Waals surface area contributed by atoms with E-state index in [1.807, 2.05) is 19.5 Å². The molecule has 1 fully saturated rings. The SMILES string of the molecule is CN=C(NCc1scnc1C)NC1CCN(Cc2ccccc2)C(C)C1. The minimum atomic E-state index is 0.464. The van der Waals surface area contributed by atoms with E-state index in [0.29, 0.717) is 12.1 Å². The molecule has 0 aliphatic carbocycles. The Bertz CT molecular complexity index is 712. The number of aryl methyl sites for hydroxylation is 1. The van der Waals surface area contributed by atoms with Crippen LogP contribution in [0.5, 0.6) is 0 Å². The van der Waals surface area contributed by atoms with Crippen molar-refractivity contribution in [1.29, 1.82) is 0 Å². The van der Waals surface area contributed by atoms with Crippen LogP contribution in [0.25, 0.3) is 0 Å². The zero-order valence-corrected chi connectivity index (χ0v) is 16.7. The third-order valence-electron chi connectivity index (χ3n) is 5.07. The van der Waals surface area contributed by atoms with Gasteiger partial charge in [0.15, 0.2) is 5.96 Å². The van der Waals surface area contributed by atoms with Crippen molar-refractivity contribution < 1.29 is 0 Å². The number of nitrogens with one attached hydrogen (secondary N) is 2. The van der Waals surface area contributed by atoms with Crippen LogP contribution in [0.3, 0.4) is 0 Å². The standard InChI is InChI=1S/C20H29N5S/c1-15-11-18(9-10-25(15)13-17-7-5-4-6-8-17)24-20(21-3)22-12-19-16(2)23-14-26-19/h4-8,14-15,18H,9-13H2,1-3H3,(H2,21,22,24). The van der Waals surface area contributed by atoms with Crippen LogP contribution in [0.2, 0.25) is 0 Å². The molecule has 2 atom stereocenters. The maximum absolute atomic E-state index is 4.39. The highest BCUT2D eigenvalue weighted by atomic mass is 32.1. The Hall–Kier alpha value is -1.92. The lowest BCUT2D eigenvalue weighted by Crippen LogP contribution is -2.51. The van der Waals surface area contributed by atoms with E-state index in [-0.39, 0.29) is 0 Å². The number of piperidine rings is 1. The number of aromatic nitrogens is 1. The Morgan fingerprint density at radius 3 is 2.81 bits per heavy atom. The third kappa shape index (κ3) is 5.05. The van der Waals surface area contributed by atoms with Crippen LogP contribution in [0, 0.1) is 6.92 Å². The monoisotopic (exact) mass is 371 g/mol. The molecule has 1 aromatic heterocycles. The summed E-state index contributed by atoms with van der Waals surface area (Å²) in [4.78, 5) is 12.5. The first-order chi connectivity index (χ1) is 12.7. The summed E-state index contributed by atoms with van der Waals surface area (Å²) >= 11 is 1.69. The molecule has 5 nitrogen and oxygen atoms in total. The first-order valence-corrected chi connectivity index (χ1v) is 10.2. The molecule has 26 heavy (non-hydrogen) atoms. The van der Waals surface area contributed by atoms with Crippen molar-refractivity contribution in [1.82, 2.24) is 20.5 Å². The molecule has 1 aliphatic rings. The molecule has 0 radical (unpaired) electrons. The number of nitrogens with zero attached hydrogens (tertiary/aromatic N) is 3. The zero-order valence-electron chi connectivity index (χ0n) is 15.9. The molecule has 2 heterocycles. The molecule has 2 aromatic rings. The maximum atomic E-state index is 4.39. The Morgan fingerprint density at radius 1 is 1.35 bits per heavy atom. The van der Waals surface area contributed by atoms with Gasteiger partial charge < -0.3 is 10.6 Å². The van der Waals surface area contributed by atoms with Gasteiger partial charge in [-0.2, -0.15) is 0 Å². The van der Waals surface area contributed by atoms with Crippen molar-refractivity contribution in [3.63, 3.8) is 0 Å². The van der Waals surface area contributed by atoms with Gasteiger partial charge in [-0.15, -0.1) is 11.3 Å². The Labute approximate surface area is 160 Å². The van der Waals surface area contributed by atoms with E-state index in [0.717, 1.165) is 44.1 Å². The fourth-order valence-electron chi connectivity index (χ4n) is 3.45. The number of rotatable bonds is 5. The summed E-state index contributed by atoms with van der Waals surface area (Å²) in [5, 5.41) is 7.02. The number of hydrogen-bond donors (Lipinski definition) is 2. The van der Waals surface area contributed by atoms with Gasteiger partial charge in [-0.05, 0) is 32.3 Å². The summed E-state index contributed by atoms with van der Waals surface area (Å²) < 4.78 is 0. The van der Waals surface area contributed by atoms with Crippen molar-refractivity contribution in [2.75, 3.05) is 13.6 Å². The second kappa shape index (κ2) is 9.14. The van der Waals surface area contributed by atoms with Gasteiger partial charge in [0, 0.05) is 37.1 Å². The fourth-order valence-corrected chi connectivity index (χ4v) is 4.17. The first-order valence-electron chi connectivity index (χ1n) is 9.30. The van der Waals surface area contributed by atoms with E-state index in [9.17, 15) is 0 Å². The smallest absolute Gasteiger partial charge is 0.191 e. The second-order valence-electron chi connectivity index (χ2n) is 6.96. The van der Waals surface area contributed by atoms with Crippen molar-refractivity contribution in [2.24, 2.45) is 4.99 Å². The number of hydrogen-bond acceptors (Lipinski definition) is 4. The van der Waals surface area contributed by atoms with Crippen LogP contribution >= 0.6 is 11.3 Å². The molecule has 1 aromatic carbocycles. The average Bonchev–Trinajstić information content (AvgIpc) is 3.06. The molecule has 6 heteroatoms. The van der Waals surface area contributed by atoms with Gasteiger partial charge in [0.25, 0.3) is 0 Å². The molecule has 3 rings (SSSR count). The summed E-state index contributed by atoms with van der Waals surface area (Å²) in [6.07, 6.45) is 2.27. The summed E-state index contributed by atoms with van der Waals surface area (Å²) in [6, 6.07) is 11.8. The van der Waals surface area contributed by atoms with Gasteiger partial charge in [-0.1, -0.05) is 30.3 Å². The predicted molar refractivity (Wildman–Crippen MR) is 110 cm³/mol. The molecular weight excluding hydrogens is 342 g/mol. The largest absolute Gasteiger partial charge is 0.354 e. The molecule has 0 bridgehead atoms. The van der Waals surface area contributed by atoms with Crippen LogP contribution in [-0.4, -0.2) is 41.5 Å². The molecule has 2 N–H and O–H groups in total. The van der Waals surface area contributed by atoms with Crippen LogP contribution in [0.15, 0.2) is 40.8 Å². The maximum Gasteiger partial charge on any atom is 0.191 e. The van der Waals surface area contributed by atoms with Crippen molar-refractivity contribution in [3.05, 3.63) is 52.0 Å². The summed E-state index contributed by atoms with van der Waals surface area (Å²) in [5.41, 5.74) is 4.39. The number of aliphatic imine (C=N–C) groups is 1. The molecule has 0 amide bonds. The lowest BCUT2D eigenvalue weighted by molar-refractivity contribution is 0.134. The van der Waals surface area contributed by atoms with E-state index in [1.165, 1.54) is 10.4 Å². The van der Waals surface area contributed by atoms with Gasteiger partial charge >= 0.3 is 0 Å². The lowest BCUT2D eigenvalue weighted by atomic mass is 9.97. The molecule has 0 saturated carbocycles. The van der Waals surface area contributed by atoms with E-state index in [4.69, 9.17) is 0 Å². The van der Waals surface area contributed by atoms with Crippen LogP contribution in [-0.2, 0) is 13.1 Å². The van der Waals surface area contributed by atoms with E-state index in [2.05, 4.69) is 62.8 Å². The molecule has 1 saturated heterocycles. The Balaban J connectivity index is 1.47. The highest BCUT2D eigenvalue weighted by Gasteiger charge is 2.25. The third-order valence-corrected chi connectivity index (χ3v) is 6.00. The number of benzene rings is 1. The lowest BCUT2D eigenvalue weighted by Gasteiger charge is -2.38. The zero-order chi connectivity index (χ0) is 18.4. The average molecular weight is 372 g/mol. The van der Waals surface area contributed by atoms with Gasteiger partial charge in [-0.3, -0.25) is 9.89 Å². The van der Waals surface area contributed by atoms with Gasteiger partial charge in [0.2, 0.25) is 0 Å². The van der Waals surface area contributed by atoms with Crippen LogP contribution < -0.4 is 10.6 Å². The summed E-state index contributed by atoms with van der Waals surface area (Å²) in [7, 11) is 1.84. The highest BCUT2D eigenvalue weighted by Crippen LogP contribution is 2.20. The van der Waals surface area contributed by atoms with E-state index in [1.54, 1.807) is 11.3 Å². The van der Waals surface area contributed by atoms with Gasteiger partial charge in [-0.25, -0.2) is 4.98 Å². The van der Waals surface area contributed by atoms with Crippen molar-refractivity contribution in [3.8, 4) is 0 Å². The fraction of sp³-hybridized carbons (Fsp3) is 0.500. The minimum absolute atomic E-state index is 0.464. The summed E-state index contributed by atoms with van der Waals surface area (Å²) in [6.45, 7) is 7.30. The van der Waals surface area contributed by atoms with Crippen LogP contribution in [0.4, 0.5) is 0 Å².